The van der Waals surface area contributed by atoms with Crippen molar-refractivity contribution < 1.29 is 5.11 Å². The predicted octanol–water partition coefficient (Wildman–Crippen LogP) is 7.47. The van der Waals surface area contributed by atoms with Gasteiger partial charge in [0.2, 0.25) is 0 Å². The summed E-state index contributed by atoms with van der Waals surface area (Å²) in [7, 11) is 0. The predicted molar refractivity (Wildman–Crippen MR) is 119 cm³/mol. The molecule has 4 rings (SSSR count). The van der Waals surface area contributed by atoms with E-state index in [4.69, 9.17) is 0 Å². The fourth-order valence-corrected chi connectivity index (χ4v) is 9.44. The number of hydrogen-bond acceptors (Lipinski definition) is 1. The van der Waals surface area contributed by atoms with Crippen molar-refractivity contribution in [1.82, 2.24) is 0 Å². The van der Waals surface area contributed by atoms with E-state index in [-0.39, 0.29) is 6.10 Å². The molecule has 0 aromatic rings. The van der Waals surface area contributed by atoms with E-state index in [1.54, 1.807) is 0 Å². The molecule has 0 heterocycles. The molecule has 0 radical (unpaired) electrons. The molecular formula is C27H48O. The molecule has 0 aromatic carbocycles. The summed E-state index contributed by atoms with van der Waals surface area (Å²) in [5.41, 5.74) is 0.832. The van der Waals surface area contributed by atoms with E-state index in [2.05, 4.69) is 34.6 Å². The van der Waals surface area contributed by atoms with Gasteiger partial charge in [0.1, 0.15) is 0 Å². The van der Waals surface area contributed by atoms with Crippen molar-refractivity contribution in [2.24, 2.45) is 52.3 Å². The summed E-state index contributed by atoms with van der Waals surface area (Å²) < 4.78 is 0. The lowest BCUT2D eigenvalue weighted by atomic mass is 9.43. The van der Waals surface area contributed by atoms with E-state index in [0.717, 1.165) is 41.9 Å². The Labute approximate surface area is 175 Å². The average molecular weight is 389 g/mol. The summed E-state index contributed by atoms with van der Waals surface area (Å²) in [6.07, 6.45) is 16.6. The number of hydrogen-bond donors (Lipinski definition) is 1. The molecule has 28 heavy (non-hydrogen) atoms. The molecule has 0 unspecified atom stereocenters. The minimum Gasteiger partial charge on any atom is -0.393 e. The Kier molecular flexibility index (Phi) is 5.98. The van der Waals surface area contributed by atoms with Gasteiger partial charge in [0.25, 0.3) is 0 Å². The molecule has 4 fully saturated rings. The van der Waals surface area contributed by atoms with Gasteiger partial charge in [0.05, 0.1) is 6.10 Å². The van der Waals surface area contributed by atoms with Gasteiger partial charge in [-0.15, -0.1) is 0 Å². The Morgan fingerprint density at radius 3 is 2.43 bits per heavy atom. The lowest BCUT2D eigenvalue weighted by Crippen LogP contribution is -2.58. The summed E-state index contributed by atoms with van der Waals surface area (Å²) in [5, 5.41) is 11.6. The van der Waals surface area contributed by atoms with Crippen molar-refractivity contribution in [3.05, 3.63) is 0 Å². The Morgan fingerprint density at radius 2 is 1.68 bits per heavy atom. The smallest absolute Gasteiger partial charge is 0.0581 e. The highest BCUT2D eigenvalue weighted by Gasteiger charge is 2.62. The minimum absolute atomic E-state index is 0.0411. The summed E-state index contributed by atoms with van der Waals surface area (Å²) in [5.74, 6) is 5.70. The molecule has 1 nitrogen and oxygen atoms in total. The Morgan fingerprint density at radius 1 is 0.893 bits per heavy atom. The topological polar surface area (TPSA) is 20.2 Å². The molecule has 0 saturated heterocycles. The standard InChI is InChI=1S/C27H48O/c1-18(2)9-8-10-19(3)22-14-15-23-21-13-12-20-11-6-7-16-26(20,4)25(21)24(28)17-27(22,23)5/h18-25,28H,6-17H2,1-5H3/t19-,20-,21+,22-,23-,24+,25-,26+,27-/m1/s1. The van der Waals surface area contributed by atoms with Crippen molar-refractivity contribution in [3.8, 4) is 0 Å². The van der Waals surface area contributed by atoms with Gasteiger partial charge in [-0.3, -0.25) is 0 Å². The van der Waals surface area contributed by atoms with Crippen LogP contribution >= 0.6 is 0 Å². The van der Waals surface area contributed by atoms with Crippen LogP contribution in [-0.2, 0) is 0 Å². The van der Waals surface area contributed by atoms with Crippen LogP contribution in [0.1, 0.15) is 112 Å². The Hall–Kier alpha value is -0.0400. The molecule has 1 N–H and O–H groups in total. The van der Waals surface area contributed by atoms with Crippen LogP contribution in [-0.4, -0.2) is 11.2 Å². The van der Waals surface area contributed by atoms with Gasteiger partial charge in [-0.05, 0) is 97.2 Å². The molecule has 9 atom stereocenters. The Bertz CT molecular complexity index is 540. The third-order valence-electron chi connectivity index (χ3n) is 10.7. The fraction of sp³-hybridized carbons (Fsp3) is 1.00. The molecule has 4 aliphatic carbocycles. The normalized spacial score (nSPS) is 49.4. The van der Waals surface area contributed by atoms with Crippen LogP contribution in [0.5, 0.6) is 0 Å². The third kappa shape index (κ3) is 3.40. The summed E-state index contributed by atoms with van der Waals surface area (Å²) in [6, 6.07) is 0. The first-order valence-corrected chi connectivity index (χ1v) is 13.0. The second-order valence-corrected chi connectivity index (χ2v) is 12.6. The molecule has 162 valence electrons. The highest BCUT2D eigenvalue weighted by atomic mass is 16.3. The number of aliphatic hydroxyl groups excluding tert-OH is 1. The second-order valence-electron chi connectivity index (χ2n) is 12.6. The van der Waals surface area contributed by atoms with Gasteiger partial charge in [-0.25, -0.2) is 0 Å². The number of aliphatic hydroxyl groups is 1. The van der Waals surface area contributed by atoms with Crippen molar-refractivity contribution in [3.63, 3.8) is 0 Å². The first-order valence-electron chi connectivity index (χ1n) is 13.0. The average Bonchev–Trinajstić information content (AvgIpc) is 2.97. The molecule has 0 amide bonds. The lowest BCUT2D eigenvalue weighted by molar-refractivity contribution is -0.171. The highest BCUT2D eigenvalue weighted by Crippen LogP contribution is 2.68. The van der Waals surface area contributed by atoms with Crippen LogP contribution in [0, 0.1) is 52.3 Å². The summed E-state index contributed by atoms with van der Waals surface area (Å²) >= 11 is 0. The Balaban J connectivity index is 1.51. The first-order chi connectivity index (χ1) is 13.3. The maximum Gasteiger partial charge on any atom is 0.0581 e. The van der Waals surface area contributed by atoms with E-state index in [1.807, 2.05) is 0 Å². The molecule has 1 heteroatoms. The third-order valence-corrected chi connectivity index (χ3v) is 10.7. The van der Waals surface area contributed by atoms with Crippen molar-refractivity contribution in [2.45, 2.75) is 118 Å². The zero-order valence-corrected chi connectivity index (χ0v) is 19.6. The fourth-order valence-electron chi connectivity index (χ4n) is 9.44. The minimum atomic E-state index is -0.0411. The second kappa shape index (κ2) is 7.90. The quantitative estimate of drug-likeness (QED) is 0.518. The molecule has 0 aliphatic heterocycles. The van der Waals surface area contributed by atoms with E-state index < -0.39 is 0 Å². The SMILES string of the molecule is CC(C)CCC[C@@H](C)[C@H]1CC[C@@H]2[C@@H]3CC[C@H]4CCCC[C@]4(C)[C@H]3[C@@H](O)C[C@@]21C. The van der Waals surface area contributed by atoms with Crippen LogP contribution in [0.4, 0.5) is 0 Å². The van der Waals surface area contributed by atoms with E-state index >= 15 is 0 Å². The van der Waals surface area contributed by atoms with Crippen LogP contribution in [0.2, 0.25) is 0 Å². The van der Waals surface area contributed by atoms with Gasteiger partial charge in [0, 0.05) is 0 Å². The number of fused-ring (bicyclic) bond motifs is 5. The van der Waals surface area contributed by atoms with Crippen LogP contribution in [0.15, 0.2) is 0 Å². The van der Waals surface area contributed by atoms with E-state index in [0.29, 0.717) is 16.7 Å². The van der Waals surface area contributed by atoms with Gasteiger partial charge in [-0.2, -0.15) is 0 Å². The molecular weight excluding hydrogens is 340 g/mol. The van der Waals surface area contributed by atoms with Gasteiger partial charge in [0.15, 0.2) is 0 Å². The van der Waals surface area contributed by atoms with Crippen molar-refractivity contribution in [1.29, 1.82) is 0 Å². The van der Waals surface area contributed by atoms with E-state index in [9.17, 15) is 5.11 Å². The van der Waals surface area contributed by atoms with Crippen molar-refractivity contribution in [2.75, 3.05) is 0 Å². The van der Waals surface area contributed by atoms with E-state index in [1.165, 1.54) is 70.6 Å². The zero-order valence-electron chi connectivity index (χ0n) is 19.6. The summed E-state index contributed by atoms with van der Waals surface area (Å²) in [6.45, 7) is 12.4. The maximum atomic E-state index is 11.6. The molecule has 0 bridgehead atoms. The molecule has 4 saturated carbocycles. The largest absolute Gasteiger partial charge is 0.393 e. The van der Waals surface area contributed by atoms with Crippen LogP contribution < -0.4 is 0 Å². The molecule has 4 aliphatic rings. The van der Waals surface area contributed by atoms with Crippen LogP contribution in [0.25, 0.3) is 0 Å². The van der Waals surface area contributed by atoms with Crippen LogP contribution in [0.3, 0.4) is 0 Å². The maximum absolute atomic E-state index is 11.6. The number of rotatable bonds is 5. The summed E-state index contributed by atoms with van der Waals surface area (Å²) in [4.78, 5) is 0. The van der Waals surface area contributed by atoms with Gasteiger partial charge in [-0.1, -0.05) is 66.7 Å². The molecule has 0 aromatic heterocycles. The van der Waals surface area contributed by atoms with Gasteiger partial charge >= 0.3 is 0 Å². The lowest BCUT2D eigenvalue weighted by Gasteiger charge is -2.62. The van der Waals surface area contributed by atoms with Gasteiger partial charge < -0.3 is 5.11 Å². The highest BCUT2D eigenvalue weighted by molar-refractivity contribution is 5.11. The zero-order chi connectivity index (χ0) is 20.1. The molecule has 0 spiro atoms. The first kappa shape index (κ1) is 21.2. The van der Waals surface area contributed by atoms with Crippen molar-refractivity contribution >= 4 is 0 Å². The monoisotopic (exact) mass is 388 g/mol.